The molecule has 1 fully saturated rings. The van der Waals surface area contributed by atoms with Gasteiger partial charge in [-0.15, -0.1) is 0 Å². The molecule has 0 aromatic heterocycles. The fourth-order valence-electron chi connectivity index (χ4n) is 2.63. The lowest BCUT2D eigenvalue weighted by Gasteiger charge is -2.31. The standard InChI is InChI=1S/C17H24N2O3/c1-14(20)19-10-5-8-16(12-19)17(21)18-9-11-22-13-15-6-3-2-4-7-15/h2-4,6-7,16H,5,8-13H2,1H3,(H,18,21)/t16-/m1/s1. The summed E-state index contributed by atoms with van der Waals surface area (Å²) in [5.41, 5.74) is 1.12. The van der Waals surface area contributed by atoms with Gasteiger partial charge >= 0.3 is 0 Å². The number of nitrogens with one attached hydrogen (secondary N) is 1. The Labute approximate surface area is 131 Å². The van der Waals surface area contributed by atoms with Crippen LogP contribution in [-0.4, -0.2) is 43.0 Å². The largest absolute Gasteiger partial charge is 0.375 e. The average Bonchev–Trinajstić information content (AvgIpc) is 2.55. The minimum absolute atomic E-state index is 0.0225. The highest BCUT2D eigenvalue weighted by molar-refractivity contribution is 5.80. The third kappa shape index (κ3) is 5.15. The summed E-state index contributed by atoms with van der Waals surface area (Å²) in [6, 6.07) is 9.95. The van der Waals surface area contributed by atoms with Crippen molar-refractivity contribution in [3.63, 3.8) is 0 Å². The van der Waals surface area contributed by atoms with Gasteiger partial charge in [0.05, 0.1) is 19.1 Å². The van der Waals surface area contributed by atoms with Crippen LogP contribution in [0.1, 0.15) is 25.3 Å². The second-order valence-corrected chi connectivity index (χ2v) is 5.63. The van der Waals surface area contributed by atoms with Gasteiger partial charge in [0.15, 0.2) is 0 Å². The van der Waals surface area contributed by atoms with Gasteiger partial charge in [0, 0.05) is 26.6 Å². The number of piperidine rings is 1. The van der Waals surface area contributed by atoms with Crippen molar-refractivity contribution in [2.45, 2.75) is 26.4 Å². The Kier molecular flexibility index (Phi) is 6.40. The van der Waals surface area contributed by atoms with Crippen molar-refractivity contribution in [2.24, 2.45) is 5.92 Å². The van der Waals surface area contributed by atoms with Gasteiger partial charge in [-0.25, -0.2) is 0 Å². The molecule has 120 valence electrons. The molecule has 5 nitrogen and oxygen atoms in total. The molecule has 1 saturated heterocycles. The van der Waals surface area contributed by atoms with Crippen LogP contribution in [0.15, 0.2) is 30.3 Å². The molecule has 2 rings (SSSR count). The second-order valence-electron chi connectivity index (χ2n) is 5.63. The number of ether oxygens (including phenoxy) is 1. The third-order valence-corrected chi connectivity index (χ3v) is 3.89. The molecule has 1 aliphatic rings. The maximum atomic E-state index is 12.1. The molecule has 1 atom stereocenters. The molecule has 0 unspecified atom stereocenters. The highest BCUT2D eigenvalue weighted by atomic mass is 16.5. The molecule has 0 spiro atoms. The summed E-state index contributed by atoms with van der Waals surface area (Å²) in [7, 11) is 0. The summed E-state index contributed by atoms with van der Waals surface area (Å²) < 4.78 is 5.54. The van der Waals surface area contributed by atoms with Crippen LogP contribution in [-0.2, 0) is 20.9 Å². The first-order valence-electron chi connectivity index (χ1n) is 7.81. The van der Waals surface area contributed by atoms with Crippen molar-refractivity contribution in [3.8, 4) is 0 Å². The summed E-state index contributed by atoms with van der Waals surface area (Å²) in [5, 5.41) is 2.90. The fraction of sp³-hybridized carbons (Fsp3) is 0.529. The molecule has 0 aliphatic carbocycles. The van der Waals surface area contributed by atoms with Crippen LogP contribution in [0, 0.1) is 5.92 Å². The normalized spacial score (nSPS) is 18.0. The maximum Gasteiger partial charge on any atom is 0.224 e. The molecule has 1 N–H and O–H groups in total. The quantitative estimate of drug-likeness (QED) is 0.812. The number of amides is 2. The zero-order chi connectivity index (χ0) is 15.8. The van der Waals surface area contributed by atoms with Crippen LogP contribution in [0.2, 0.25) is 0 Å². The van der Waals surface area contributed by atoms with Crippen molar-refractivity contribution in [1.29, 1.82) is 0 Å². The lowest BCUT2D eigenvalue weighted by Crippen LogP contribution is -2.45. The smallest absolute Gasteiger partial charge is 0.224 e. The van der Waals surface area contributed by atoms with Gasteiger partial charge in [-0.2, -0.15) is 0 Å². The Morgan fingerprint density at radius 1 is 1.32 bits per heavy atom. The monoisotopic (exact) mass is 304 g/mol. The number of likely N-dealkylation sites (tertiary alicyclic amines) is 1. The molecule has 5 heteroatoms. The van der Waals surface area contributed by atoms with E-state index >= 15 is 0 Å². The Morgan fingerprint density at radius 2 is 2.09 bits per heavy atom. The number of hydrogen-bond donors (Lipinski definition) is 1. The highest BCUT2D eigenvalue weighted by Crippen LogP contribution is 2.16. The number of benzene rings is 1. The van der Waals surface area contributed by atoms with Crippen molar-refractivity contribution in [2.75, 3.05) is 26.2 Å². The Morgan fingerprint density at radius 3 is 2.82 bits per heavy atom. The minimum atomic E-state index is -0.0910. The van der Waals surface area contributed by atoms with E-state index in [-0.39, 0.29) is 17.7 Å². The lowest BCUT2D eigenvalue weighted by molar-refractivity contribution is -0.134. The van der Waals surface area contributed by atoms with Gasteiger partial charge in [-0.1, -0.05) is 30.3 Å². The van der Waals surface area contributed by atoms with E-state index in [4.69, 9.17) is 4.74 Å². The van der Waals surface area contributed by atoms with Crippen LogP contribution in [0.5, 0.6) is 0 Å². The molecular formula is C17H24N2O3. The van der Waals surface area contributed by atoms with Crippen LogP contribution >= 0.6 is 0 Å². The lowest BCUT2D eigenvalue weighted by atomic mass is 9.97. The van der Waals surface area contributed by atoms with E-state index < -0.39 is 0 Å². The molecule has 0 saturated carbocycles. The SMILES string of the molecule is CC(=O)N1CCC[C@@H](C(=O)NCCOCc2ccccc2)C1. The summed E-state index contributed by atoms with van der Waals surface area (Å²) >= 11 is 0. The zero-order valence-electron chi connectivity index (χ0n) is 13.1. The van der Waals surface area contributed by atoms with E-state index in [1.54, 1.807) is 11.8 Å². The molecule has 0 bridgehead atoms. The number of carbonyl (C=O) groups is 2. The van der Waals surface area contributed by atoms with Gasteiger partial charge in [0.25, 0.3) is 0 Å². The molecular weight excluding hydrogens is 280 g/mol. The Bertz CT molecular complexity index is 490. The van der Waals surface area contributed by atoms with E-state index in [0.717, 1.165) is 24.9 Å². The molecule has 2 amide bonds. The number of carbonyl (C=O) groups excluding carboxylic acids is 2. The highest BCUT2D eigenvalue weighted by Gasteiger charge is 2.26. The summed E-state index contributed by atoms with van der Waals surface area (Å²) in [6.45, 7) is 4.40. The van der Waals surface area contributed by atoms with E-state index in [1.165, 1.54) is 0 Å². The second kappa shape index (κ2) is 8.54. The van der Waals surface area contributed by atoms with Gasteiger partial charge in [0.1, 0.15) is 0 Å². The Balaban J connectivity index is 1.62. The predicted molar refractivity (Wildman–Crippen MR) is 84.1 cm³/mol. The molecule has 1 aromatic carbocycles. The molecule has 0 radical (unpaired) electrons. The first-order valence-corrected chi connectivity index (χ1v) is 7.81. The van der Waals surface area contributed by atoms with E-state index in [1.807, 2.05) is 30.3 Å². The number of nitrogens with zero attached hydrogens (tertiary/aromatic N) is 1. The third-order valence-electron chi connectivity index (χ3n) is 3.89. The van der Waals surface area contributed by atoms with Gasteiger partial charge < -0.3 is 15.0 Å². The van der Waals surface area contributed by atoms with Gasteiger partial charge in [0.2, 0.25) is 11.8 Å². The maximum absolute atomic E-state index is 12.1. The summed E-state index contributed by atoms with van der Waals surface area (Å²) in [5.74, 6) is -0.0234. The molecule has 1 aromatic rings. The summed E-state index contributed by atoms with van der Waals surface area (Å²) in [6.07, 6.45) is 1.74. The summed E-state index contributed by atoms with van der Waals surface area (Å²) in [4.78, 5) is 25.2. The van der Waals surface area contributed by atoms with E-state index in [0.29, 0.717) is 26.3 Å². The molecule has 1 aliphatic heterocycles. The van der Waals surface area contributed by atoms with Crippen molar-refractivity contribution in [1.82, 2.24) is 10.2 Å². The van der Waals surface area contributed by atoms with Gasteiger partial charge in [-0.05, 0) is 18.4 Å². The first-order chi connectivity index (χ1) is 10.7. The predicted octanol–water partition coefficient (Wildman–Crippen LogP) is 1.58. The average molecular weight is 304 g/mol. The van der Waals surface area contributed by atoms with Crippen molar-refractivity contribution < 1.29 is 14.3 Å². The first kappa shape index (κ1) is 16.5. The zero-order valence-corrected chi connectivity index (χ0v) is 13.1. The minimum Gasteiger partial charge on any atom is -0.375 e. The van der Waals surface area contributed by atoms with Crippen LogP contribution in [0.4, 0.5) is 0 Å². The fourth-order valence-corrected chi connectivity index (χ4v) is 2.63. The van der Waals surface area contributed by atoms with Crippen LogP contribution in [0.25, 0.3) is 0 Å². The molecule has 1 heterocycles. The van der Waals surface area contributed by atoms with Crippen molar-refractivity contribution in [3.05, 3.63) is 35.9 Å². The van der Waals surface area contributed by atoms with E-state index in [2.05, 4.69) is 5.32 Å². The van der Waals surface area contributed by atoms with Crippen LogP contribution in [0.3, 0.4) is 0 Å². The van der Waals surface area contributed by atoms with E-state index in [9.17, 15) is 9.59 Å². The van der Waals surface area contributed by atoms with Gasteiger partial charge in [-0.3, -0.25) is 9.59 Å². The number of rotatable bonds is 6. The molecule has 22 heavy (non-hydrogen) atoms. The van der Waals surface area contributed by atoms with Crippen molar-refractivity contribution >= 4 is 11.8 Å². The number of hydrogen-bond acceptors (Lipinski definition) is 3. The topological polar surface area (TPSA) is 58.6 Å². The Hall–Kier alpha value is -1.88. The van der Waals surface area contributed by atoms with Crippen LogP contribution < -0.4 is 5.32 Å².